The molecule has 3 N–H and O–H groups in total. The van der Waals surface area contributed by atoms with E-state index in [4.69, 9.17) is 5.73 Å². The van der Waals surface area contributed by atoms with Crippen molar-refractivity contribution in [2.45, 2.75) is 37.7 Å². The number of nitrogens with one attached hydrogen (secondary N) is 1. The van der Waals surface area contributed by atoms with E-state index in [9.17, 15) is 9.00 Å². The van der Waals surface area contributed by atoms with Crippen LogP contribution in [0.4, 0.5) is 5.69 Å². The van der Waals surface area contributed by atoms with Crippen molar-refractivity contribution in [1.82, 2.24) is 0 Å². The van der Waals surface area contributed by atoms with Gasteiger partial charge in [0.1, 0.15) is 0 Å². The summed E-state index contributed by atoms with van der Waals surface area (Å²) in [6, 6.07) is 7.45. The molecule has 0 fully saturated rings. The molecule has 0 aliphatic carbocycles. The lowest BCUT2D eigenvalue weighted by Gasteiger charge is -2.18. The quantitative estimate of drug-likeness (QED) is 0.868. The number of carbonyl (C=O) groups excluding carboxylic acids is 1. The number of nitrogens with two attached hydrogens (primary N) is 1. The van der Waals surface area contributed by atoms with Crippen molar-refractivity contribution in [3.8, 4) is 0 Å². The van der Waals surface area contributed by atoms with Crippen molar-refractivity contribution in [1.29, 1.82) is 0 Å². The summed E-state index contributed by atoms with van der Waals surface area (Å²) in [4.78, 5) is 11.5. The summed E-state index contributed by atoms with van der Waals surface area (Å²) in [5.41, 5.74) is 7.01. The minimum Gasteiger partial charge on any atom is -0.330 e. The van der Waals surface area contributed by atoms with Crippen molar-refractivity contribution in [2.75, 3.05) is 11.9 Å². The van der Waals surface area contributed by atoms with E-state index < -0.39 is 10.8 Å². The van der Waals surface area contributed by atoms with E-state index in [1.165, 1.54) is 0 Å². The van der Waals surface area contributed by atoms with Crippen molar-refractivity contribution in [3.63, 3.8) is 0 Å². The zero-order valence-corrected chi connectivity index (χ0v) is 12.5. The summed E-state index contributed by atoms with van der Waals surface area (Å²) in [7, 11) is -0.945. The molecule has 1 atom stereocenters. The summed E-state index contributed by atoms with van der Waals surface area (Å²) in [5.74, 6) is 0.390. The van der Waals surface area contributed by atoms with Crippen LogP contribution < -0.4 is 11.1 Å². The number of carbonyl (C=O) groups is 1. The van der Waals surface area contributed by atoms with Gasteiger partial charge in [-0.25, -0.2) is 0 Å². The van der Waals surface area contributed by atoms with Gasteiger partial charge in [-0.05, 0) is 38.5 Å². The Morgan fingerprint density at radius 3 is 2.63 bits per heavy atom. The minimum absolute atomic E-state index is 0.100. The van der Waals surface area contributed by atoms with Crippen LogP contribution in [0.25, 0.3) is 0 Å². The van der Waals surface area contributed by atoms with Gasteiger partial charge in [0.25, 0.3) is 0 Å². The van der Waals surface area contributed by atoms with Crippen LogP contribution in [0.3, 0.4) is 0 Å². The van der Waals surface area contributed by atoms with E-state index in [1.54, 1.807) is 0 Å². The fourth-order valence-corrected chi connectivity index (χ4v) is 2.38. The summed E-state index contributed by atoms with van der Waals surface area (Å²) in [6.45, 7) is 6.20. The van der Waals surface area contributed by atoms with Gasteiger partial charge in [-0.3, -0.25) is 9.00 Å². The number of anilines is 1. The lowest BCUT2D eigenvalue weighted by Crippen LogP contribution is -2.23. The predicted octanol–water partition coefficient (Wildman–Crippen LogP) is 2.02. The van der Waals surface area contributed by atoms with Crippen LogP contribution in [-0.4, -0.2) is 21.4 Å². The van der Waals surface area contributed by atoms with Crippen molar-refractivity contribution < 1.29 is 9.00 Å². The average Bonchev–Trinajstić information content (AvgIpc) is 2.28. The monoisotopic (exact) mass is 282 g/mol. The van der Waals surface area contributed by atoms with Crippen molar-refractivity contribution in [3.05, 3.63) is 29.8 Å². The molecule has 1 aromatic rings. The zero-order chi connectivity index (χ0) is 14.5. The largest absolute Gasteiger partial charge is 0.330 e. The van der Waals surface area contributed by atoms with E-state index in [2.05, 4.69) is 5.32 Å². The molecular weight excluding hydrogens is 260 g/mol. The van der Waals surface area contributed by atoms with Crippen LogP contribution in [0.5, 0.6) is 0 Å². The Balaban J connectivity index is 2.72. The number of benzene rings is 1. The summed E-state index contributed by atoms with van der Waals surface area (Å²) in [5, 5.41) is 2.78. The van der Waals surface area contributed by atoms with E-state index in [0.717, 1.165) is 11.3 Å². The molecule has 0 aromatic heterocycles. The SMILES string of the molecule is CC(C)(C)S(=O)Cc1cccc(NC(=O)CCN)c1. The molecule has 4 nitrogen and oxygen atoms in total. The van der Waals surface area contributed by atoms with Gasteiger partial charge in [-0.15, -0.1) is 0 Å². The second-order valence-electron chi connectivity index (χ2n) is 5.39. The lowest BCUT2D eigenvalue weighted by molar-refractivity contribution is -0.116. The Labute approximate surface area is 117 Å². The first kappa shape index (κ1) is 15.9. The van der Waals surface area contributed by atoms with Gasteiger partial charge in [-0.2, -0.15) is 0 Å². The predicted molar refractivity (Wildman–Crippen MR) is 80.3 cm³/mol. The molecule has 1 aromatic carbocycles. The van der Waals surface area contributed by atoms with Gasteiger partial charge in [0.05, 0.1) is 0 Å². The highest BCUT2D eigenvalue weighted by Gasteiger charge is 2.19. The van der Waals surface area contributed by atoms with Gasteiger partial charge >= 0.3 is 0 Å². The van der Waals surface area contributed by atoms with E-state index in [-0.39, 0.29) is 10.7 Å². The van der Waals surface area contributed by atoms with E-state index in [0.29, 0.717) is 18.7 Å². The summed E-state index contributed by atoms with van der Waals surface area (Å²) in [6.07, 6.45) is 0.304. The number of hydrogen-bond acceptors (Lipinski definition) is 3. The standard InChI is InChI=1S/C14H22N2O2S/c1-14(2,3)19(18)10-11-5-4-6-12(9-11)16-13(17)7-8-15/h4-6,9H,7-8,10,15H2,1-3H3,(H,16,17). The third-order valence-corrected chi connectivity index (χ3v) is 4.52. The normalized spacial score (nSPS) is 13.1. The number of amides is 1. The van der Waals surface area contributed by atoms with Crippen LogP contribution >= 0.6 is 0 Å². The third kappa shape index (κ3) is 5.53. The van der Waals surface area contributed by atoms with E-state index >= 15 is 0 Å². The molecule has 0 saturated heterocycles. The average molecular weight is 282 g/mol. The molecule has 1 unspecified atom stereocenters. The molecule has 1 amide bonds. The molecular formula is C14H22N2O2S. The van der Waals surface area contributed by atoms with Gasteiger partial charge < -0.3 is 11.1 Å². The fraction of sp³-hybridized carbons (Fsp3) is 0.500. The fourth-order valence-electron chi connectivity index (χ4n) is 1.46. The number of rotatable bonds is 5. The Morgan fingerprint density at radius 1 is 1.37 bits per heavy atom. The Morgan fingerprint density at radius 2 is 2.05 bits per heavy atom. The van der Waals surface area contributed by atoms with Crippen LogP contribution in [0.2, 0.25) is 0 Å². The lowest BCUT2D eigenvalue weighted by atomic mass is 10.2. The first-order valence-electron chi connectivity index (χ1n) is 6.30. The Bertz CT molecular complexity index is 467. The molecule has 0 aliphatic rings. The van der Waals surface area contributed by atoms with Crippen molar-refractivity contribution >= 4 is 22.4 Å². The smallest absolute Gasteiger partial charge is 0.225 e. The highest BCUT2D eigenvalue weighted by Crippen LogP contribution is 2.18. The maximum Gasteiger partial charge on any atom is 0.225 e. The highest BCUT2D eigenvalue weighted by molar-refractivity contribution is 7.85. The maximum atomic E-state index is 12.1. The van der Waals surface area contributed by atoms with Crippen molar-refractivity contribution in [2.24, 2.45) is 5.73 Å². The van der Waals surface area contributed by atoms with Gasteiger partial charge in [0.2, 0.25) is 5.91 Å². The second-order valence-corrected chi connectivity index (χ2v) is 7.59. The summed E-state index contributed by atoms with van der Waals surface area (Å²) >= 11 is 0. The molecule has 0 spiro atoms. The Kier molecular flexibility index (Phi) is 5.69. The minimum atomic E-state index is -0.945. The topological polar surface area (TPSA) is 72.2 Å². The third-order valence-electron chi connectivity index (χ3n) is 2.56. The second kappa shape index (κ2) is 6.82. The van der Waals surface area contributed by atoms with Crippen LogP contribution in [0.1, 0.15) is 32.8 Å². The molecule has 19 heavy (non-hydrogen) atoms. The highest BCUT2D eigenvalue weighted by atomic mass is 32.2. The molecule has 106 valence electrons. The van der Waals surface area contributed by atoms with Crippen LogP contribution in [-0.2, 0) is 21.3 Å². The molecule has 0 heterocycles. The van der Waals surface area contributed by atoms with Crippen LogP contribution in [0, 0.1) is 0 Å². The van der Waals surface area contributed by atoms with Crippen LogP contribution in [0.15, 0.2) is 24.3 Å². The summed E-state index contributed by atoms with van der Waals surface area (Å²) < 4.78 is 11.8. The number of hydrogen-bond donors (Lipinski definition) is 2. The zero-order valence-electron chi connectivity index (χ0n) is 11.7. The van der Waals surface area contributed by atoms with Gasteiger partial charge in [0, 0.05) is 40.0 Å². The van der Waals surface area contributed by atoms with Gasteiger partial charge in [0.15, 0.2) is 0 Å². The molecule has 0 radical (unpaired) electrons. The maximum absolute atomic E-state index is 12.1. The first-order chi connectivity index (χ1) is 8.82. The molecule has 0 aliphatic heterocycles. The molecule has 1 rings (SSSR count). The molecule has 0 saturated carbocycles. The van der Waals surface area contributed by atoms with Gasteiger partial charge in [-0.1, -0.05) is 12.1 Å². The first-order valence-corrected chi connectivity index (χ1v) is 7.62. The van der Waals surface area contributed by atoms with E-state index in [1.807, 2.05) is 45.0 Å². The molecule has 5 heteroatoms. The Hall–Kier alpha value is -1.20. The molecule has 0 bridgehead atoms.